The Morgan fingerprint density at radius 3 is 2.90 bits per heavy atom. The monoisotopic (exact) mass is 282 g/mol. The first-order valence-corrected chi connectivity index (χ1v) is 6.17. The molecule has 0 spiro atoms. The lowest BCUT2D eigenvalue weighted by Gasteiger charge is -2.12. The molecule has 6 heteroatoms. The average molecular weight is 282 g/mol. The number of nitrogens with zero attached hydrogens (tertiary/aromatic N) is 2. The Kier molecular flexibility index (Phi) is 4.05. The maximum absolute atomic E-state index is 11.8. The predicted molar refractivity (Wildman–Crippen MR) is 79.2 cm³/mol. The van der Waals surface area contributed by atoms with Gasteiger partial charge >= 0.3 is 5.97 Å². The number of aromatic nitrogens is 1. The number of methoxy groups -OCH3 is 1. The van der Waals surface area contributed by atoms with Crippen molar-refractivity contribution >= 4 is 23.2 Å². The second-order valence-electron chi connectivity index (χ2n) is 4.39. The molecule has 2 aromatic rings. The molecule has 0 atom stereocenters. The number of nitriles is 1. The summed E-state index contributed by atoms with van der Waals surface area (Å²) < 4.78 is 4.71. The standard InChI is InChI=1S/C15H14N4O2/c1-9-4-3-5-13(12(9)7-16)19-14-11(15(20)21-2)6-10(17)8-18-14/h3-6,8H,17H2,1-2H3,(H,18,19). The molecule has 0 aliphatic rings. The van der Waals surface area contributed by atoms with Crippen LogP contribution in [-0.2, 0) is 4.74 Å². The molecule has 3 N–H and O–H groups in total. The smallest absolute Gasteiger partial charge is 0.341 e. The summed E-state index contributed by atoms with van der Waals surface area (Å²) in [5, 5.41) is 12.2. The van der Waals surface area contributed by atoms with Crippen molar-refractivity contribution in [2.45, 2.75) is 6.92 Å². The van der Waals surface area contributed by atoms with Crippen LogP contribution in [0.4, 0.5) is 17.2 Å². The minimum atomic E-state index is -0.552. The normalized spacial score (nSPS) is 9.76. The highest BCUT2D eigenvalue weighted by Gasteiger charge is 2.15. The summed E-state index contributed by atoms with van der Waals surface area (Å²) in [6.07, 6.45) is 1.43. The van der Waals surface area contributed by atoms with Crippen molar-refractivity contribution < 1.29 is 9.53 Å². The van der Waals surface area contributed by atoms with Gasteiger partial charge in [-0.25, -0.2) is 9.78 Å². The fourth-order valence-electron chi connectivity index (χ4n) is 1.89. The Morgan fingerprint density at radius 2 is 2.24 bits per heavy atom. The lowest BCUT2D eigenvalue weighted by atomic mass is 10.1. The van der Waals surface area contributed by atoms with Crippen LogP contribution in [0.3, 0.4) is 0 Å². The first kappa shape index (κ1) is 14.3. The molecular weight excluding hydrogens is 268 g/mol. The largest absolute Gasteiger partial charge is 0.465 e. The summed E-state index contributed by atoms with van der Waals surface area (Å²) >= 11 is 0. The molecule has 0 aliphatic carbocycles. The molecule has 6 nitrogen and oxygen atoms in total. The van der Waals surface area contributed by atoms with Crippen molar-refractivity contribution in [2.24, 2.45) is 0 Å². The number of nitrogens with one attached hydrogen (secondary N) is 1. The van der Waals surface area contributed by atoms with Crippen LogP contribution in [0.15, 0.2) is 30.5 Å². The molecule has 0 amide bonds. The molecular formula is C15H14N4O2. The first-order chi connectivity index (χ1) is 10.1. The van der Waals surface area contributed by atoms with Gasteiger partial charge in [0, 0.05) is 0 Å². The molecule has 21 heavy (non-hydrogen) atoms. The number of pyridine rings is 1. The molecule has 0 bridgehead atoms. The van der Waals surface area contributed by atoms with Gasteiger partial charge in [-0.2, -0.15) is 5.26 Å². The molecule has 0 saturated carbocycles. The highest BCUT2D eigenvalue weighted by molar-refractivity contribution is 5.96. The minimum absolute atomic E-state index is 0.211. The van der Waals surface area contributed by atoms with Crippen LogP contribution in [0.5, 0.6) is 0 Å². The molecule has 0 unspecified atom stereocenters. The Hall–Kier alpha value is -3.07. The lowest BCUT2D eigenvalue weighted by Crippen LogP contribution is -2.09. The third-order valence-corrected chi connectivity index (χ3v) is 2.95. The second-order valence-corrected chi connectivity index (χ2v) is 4.39. The molecule has 0 fully saturated rings. The summed E-state index contributed by atoms with van der Waals surface area (Å²) in [4.78, 5) is 15.9. The zero-order chi connectivity index (χ0) is 15.4. The van der Waals surface area contributed by atoms with Gasteiger partial charge in [-0.05, 0) is 24.6 Å². The van der Waals surface area contributed by atoms with Crippen LogP contribution >= 0.6 is 0 Å². The van der Waals surface area contributed by atoms with Crippen LogP contribution < -0.4 is 11.1 Å². The maximum Gasteiger partial charge on any atom is 0.341 e. The van der Waals surface area contributed by atoms with E-state index in [0.29, 0.717) is 16.9 Å². The van der Waals surface area contributed by atoms with E-state index in [0.717, 1.165) is 5.56 Å². The number of esters is 1. The number of aryl methyl sites for hydroxylation is 1. The van der Waals surface area contributed by atoms with E-state index in [1.54, 1.807) is 6.07 Å². The van der Waals surface area contributed by atoms with E-state index >= 15 is 0 Å². The topological polar surface area (TPSA) is 101 Å². The highest BCUT2D eigenvalue weighted by atomic mass is 16.5. The van der Waals surface area contributed by atoms with Gasteiger partial charge in [0.15, 0.2) is 0 Å². The minimum Gasteiger partial charge on any atom is -0.465 e. The van der Waals surface area contributed by atoms with Crippen LogP contribution in [0, 0.1) is 18.3 Å². The third-order valence-electron chi connectivity index (χ3n) is 2.95. The van der Waals surface area contributed by atoms with Crippen molar-refractivity contribution in [1.82, 2.24) is 4.98 Å². The number of carbonyl (C=O) groups is 1. The van der Waals surface area contributed by atoms with Gasteiger partial charge in [0.2, 0.25) is 0 Å². The lowest BCUT2D eigenvalue weighted by molar-refractivity contribution is 0.0601. The summed E-state index contributed by atoms with van der Waals surface area (Å²) in [7, 11) is 1.28. The fraction of sp³-hybridized carbons (Fsp3) is 0.133. The van der Waals surface area contributed by atoms with Crippen molar-refractivity contribution in [2.75, 3.05) is 18.2 Å². The second kappa shape index (κ2) is 5.92. The van der Waals surface area contributed by atoms with Gasteiger partial charge in [-0.1, -0.05) is 12.1 Å². The van der Waals surface area contributed by atoms with E-state index in [-0.39, 0.29) is 11.4 Å². The molecule has 1 aromatic carbocycles. The molecule has 1 aromatic heterocycles. The Labute approximate surface area is 122 Å². The molecule has 1 heterocycles. The van der Waals surface area contributed by atoms with Gasteiger partial charge < -0.3 is 15.8 Å². The van der Waals surface area contributed by atoms with E-state index < -0.39 is 5.97 Å². The zero-order valence-electron chi connectivity index (χ0n) is 11.7. The van der Waals surface area contributed by atoms with Crippen molar-refractivity contribution in [3.8, 4) is 6.07 Å². The van der Waals surface area contributed by atoms with Crippen LogP contribution in [0.1, 0.15) is 21.5 Å². The molecule has 106 valence electrons. The predicted octanol–water partition coefficient (Wildman–Crippen LogP) is 2.37. The number of nitrogens with two attached hydrogens (primary N) is 1. The van der Waals surface area contributed by atoms with E-state index in [9.17, 15) is 10.1 Å². The van der Waals surface area contributed by atoms with Gasteiger partial charge in [0.1, 0.15) is 17.5 Å². The Balaban J connectivity index is 2.48. The van der Waals surface area contributed by atoms with Gasteiger partial charge in [0.25, 0.3) is 0 Å². The van der Waals surface area contributed by atoms with Gasteiger partial charge in [-0.3, -0.25) is 0 Å². The fourth-order valence-corrected chi connectivity index (χ4v) is 1.89. The summed E-state index contributed by atoms with van der Waals surface area (Å²) in [6, 6.07) is 8.99. The number of anilines is 3. The van der Waals surface area contributed by atoms with Crippen molar-refractivity contribution in [1.29, 1.82) is 5.26 Å². The van der Waals surface area contributed by atoms with E-state index in [1.807, 2.05) is 19.1 Å². The van der Waals surface area contributed by atoms with Crippen LogP contribution in [-0.4, -0.2) is 18.1 Å². The zero-order valence-corrected chi connectivity index (χ0v) is 11.7. The van der Waals surface area contributed by atoms with Crippen molar-refractivity contribution in [3.63, 3.8) is 0 Å². The number of hydrogen-bond acceptors (Lipinski definition) is 6. The van der Waals surface area contributed by atoms with E-state index in [2.05, 4.69) is 16.4 Å². The van der Waals surface area contributed by atoms with Gasteiger partial charge in [-0.15, -0.1) is 0 Å². The first-order valence-electron chi connectivity index (χ1n) is 6.17. The Bertz CT molecular complexity index is 735. The maximum atomic E-state index is 11.8. The van der Waals surface area contributed by atoms with E-state index in [1.165, 1.54) is 19.4 Å². The van der Waals surface area contributed by atoms with Crippen molar-refractivity contribution in [3.05, 3.63) is 47.2 Å². The highest BCUT2D eigenvalue weighted by Crippen LogP contribution is 2.25. The summed E-state index contributed by atoms with van der Waals surface area (Å²) in [5.41, 5.74) is 8.10. The molecule has 0 saturated heterocycles. The quantitative estimate of drug-likeness (QED) is 0.838. The number of hydrogen-bond donors (Lipinski definition) is 2. The third kappa shape index (κ3) is 2.92. The number of benzene rings is 1. The van der Waals surface area contributed by atoms with Gasteiger partial charge in [0.05, 0.1) is 30.2 Å². The number of ether oxygens (including phenoxy) is 1. The average Bonchev–Trinajstić information content (AvgIpc) is 2.48. The van der Waals surface area contributed by atoms with Crippen LogP contribution in [0.2, 0.25) is 0 Å². The summed E-state index contributed by atoms with van der Waals surface area (Å²) in [5.74, 6) is -0.262. The van der Waals surface area contributed by atoms with Crippen LogP contribution in [0.25, 0.3) is 0 Å². The number of carbonyl (C=O) groups excluding carboxylic acids is 1. The SMILES string of the molecule is COC(=O)c1cc(N)cnc1Nc1cccc(C)c1C#N. The Morgan fingerprint density at radius 1 is 1.48 bits per heavy atom. The summed E-state index contributed by atoms with van der Waals surface area (Å²) in [6.45, 7) is 1.83. The number of rotatable bonds is 3. The number of nitrogen functional groups attached to an aromatic ring is 1. The molecule has 0 radical (unpaired) electrons. The van der Waals surface area contributed by atoms with E-state index in [4.69, 9.17) is 10.5 Å². The molecule has 2 rings (SSSR count). The molecule has 0 aliphatic heterocycles.